The van der Waals surface area contributed by atoms with Gasteiger partial charge in [0.2, 0.25) is 0 Å². The molecule has 2 aliphatic heterocycles. The van der Waals surface area contributed by atoms with E-state index in [0.29, 0.717) is 11.7 Å². The Hall–Kier alpha value is -0.410. The van der Waals surface area contributed by atoms with Crippen LogP contribution in [0.3, 0.4) is 0 Å². The minimum absolute atomic E-state index is 0.475. The maximum absolute atomic E-state index is 11.9. The van der Waals surface area contributed by atoms with E-state index in [2.05, 4.69) is 5.32 Å². The van der Waals surface area contributed by atoms with Crippen molar-refractivity contribution in [3.63, 3.8) is 0 Å². The highest BCUT2D eigenvalue weighted by Crippen LogP contribution is 2.21. The van der Waals surface area contributed by atoms with Gasteiger partial charge in [-0.15, -0.1) is 0 Å². The molecule has 1 N–H and O–H groups in total. The molecule has 98 valence electrons. The molecule has 2 rings (SSSR count). The summed E-state index contributed by atoms with van der Waals surface area (Å²) >= 11 is 0. The summed E-state index contributed by atoms with van der Waals surface area (Å²) in [5.41, 5.74) is 0. The van der Waals surface area contributed by atoms with Crippen molar-refractivity contribution in [3.8, 4) is 0 Å². The van der Waals surface area contributed by atoms with Crippen molar-refractivity contribution in [2.45, 2.75) is 44.9 Å². The summed E-state index contributed by atoms with van der Waals surface area (Å²) in [4.78, 5) is 11.9. The van der Waals surface area contributed by atoms with Gasteiger partial charge in [-0.05, 0) is 57.0 Å². The smallest absolute Gasteiger partial charge is 0.133 e. The van der Waals surface area contributed by atoms with Crippen LogP contribution in [0.2, 0.25) is 0 Å². The lowest BCUT2D eigenvalue weighted by Gasteiger charge is -2.23. The maximum Gasteiger partial charge on any atom is 0.133 e. The molecular formula is C14H25NO2. The number of carbonyl (C=O) groups is 1. The number of rotatable bonds is 5. The Balaban J connectivity index is 1.59. The second-order valence-corrected chi connectivity index (χ2v) is 5.55. The molecule has 3 nitrogen and oxygen atoms in total. The third-order valence-corrected chi connectivity index (χ3v) is 4.09. The Morgan fingerprint density at radius 1 is 1.18 bits per heavy atom. The average molecular weight is 239 g/mol. The van der Waals surface area contributed by atoms with Gasteiger partial charge < -0.3 is 10.1 Å². The third-order valence-electron chi connectivity index (χ3n) is 4.09. The monoisotopic (exact) mass is 239 g/mol. The first-order chi connectivity index (χ1) is 8.34. The number of nitrogens with one attached hydrogen (secondary N) is 1. The Morgan fingerprint density at radius 3 is 2.71 bits per heavy atom. The molecule has 3 heteroatoms. The van der Waals surface area contributed by atoms with Crippen LogP contribution in [0, 0.1) is 11.8 Å². The number of hydrogen-bond acceptors (Lipinski definition) is 3. The van der Waals surface area contributed by atoms with Gasteiger partial charge in [0.25, 0.3) is 0 Å². The lowest BCUT2D eigenvalue weighted by molar-refractivity contribution is -0.120. The zero-order chi connectivity index (χ0) is 11.9. The first-order valence-corrected chi connectivity index (χ1v) is 7.15. The molecule has 0 bridgehead atoms. The molecule has 1 atom stereocenters. The summed E-state index contributed by atoms with van der Waals surface area (Å²) in [6.45, 7) is 3.98. The summed E-state index contributed by atoms with van der Waals surface area (Å²) in [5.74, 6) is 1.81. The summed E-state index contributed by atoms with van der Waals surface area (Å²) < 4.78 is 5.32. The molecule has 2 aliphatic rings. The molecule has 0 aromatic rings. The highest BCUT2D eigenvalue weighted by Gasteiger charge is 2.19. The largest absolute Gasteiger partial charge is 0.381 e. The molecule has 0 saturated carbocycles. The number of piperidine rings is 1. The predicted octanol–water partition coefficient (Wildman–Crippen LogP) is 2.15. The highest BCUT2D eigenvalue weighted by molar-refractivity contribution is 5.78. The van der Waals surface area contributed by atoms with Crippen LogP contribution in [0.4, 0.5) is 0 Å². The molecule has 0 amide bonds. The number of ketones is 1. The van der Waals surface area contributed by atoms with E-state index in [1.54, 1.807) is 0 Å². The molecule has 0 aromatic carbocycles. The summed E-state index contributed by atoms with van der Waals surface area (Å²) in [6, 6.07) is 0. The van der Waals surface area contributed by atoms with E-state index >= 15 is 0 Å². The predicted molar refractivity (Wildman–Crippen MR) is 68.0 cm³/mol. The Kier molecular flexibility index (Phi) is 5.46. The van der Waals surface area contributed by atoms with Gasteiger partial charge >= 0.3 is 0 Å². The molecule has 2 saturated heterocycles. The second-order valence-electron chi connectivity index (χ2n) is 5.55. The van der Waals surface area contributed by atoms with E-state index in [-0.39, 0.29) is 0 Å². The maximum atomic E-state index is 11.9. The van der Waals surface area contributed by atoms with Crippen LogP contribution in [-0.2, 0) is 9.53 Å². The Bertz CT molecular complexity index is 230. The van der Waals surface area contributed by atoms with Crippen molar-refractivity contribution < 1.29 is 9.53 Å². The van der Waals surface area contributed by atoms with Gasteiger partial charge in [-0.1, -0.05) is 0 Å². The van der Waals surface area contributed by atoms with Crippen LogP contribution in [0.5, 0.6) is 0 Å². The molecule has 0 spiro atoms. The second kappa shape index (κ2) is 7.12. The van der Waals surface area contributed by atoms with Crippen molar-refractivity contribution in [1.29, 1.82) is 0 Å². The van der Waals surface area contributed by atoms with Crippen LogP contribution in [0.1, 0.15) is 44.9 Å². The Labute approximate surface area is 104 Å². The van der Waals surface area contributed by atoms with Gasteiger partial charge in [0.05, 0.1) is 0 Å². The molecule has 17 heavy (non-hydrogen) atoms. The number of hydrogen-bond donors (Lipinski definition) is 1. The molecule has 0 radical (unpaired) electrons. The molecule has 0 aliphatic carbocycles. The minimum Gasteiger partial charge on any atom is -0.381 e. The van der Waals surface area contributed by atoms with Crippen molar-refractivity contribution in [1.82, 2.24) is 5.32 Å². The first kappa shape index (κ1) is 13.0. The fourth-order valence-corrected chi connectivity index (χ4v) is 2.91. The average Bonchev–Trinajstić information content (AvgIpc) is 2.39. The van der Waals surface area contributed by atoms with Crippen molar-refractivity contribution >= 4 is 5.78 Å². The SMILES string of the molecule is O=C(CCC1CCCNC1)CC1CCOCC1. The fourth-order valence-electron chi connectivity index (χ4n) is 2.91. The number of carbonyl (C=O) groups excluding carboxylic acids is 1. The van der Waals surface area contributed by atoms with Crippen LogP contribution < -0.4 is 5.32 Å². The van der Waals surface area contributed by atoms with E-state index in [1.807, 2.05) is 0 Å². The highest BCUT2D eigenvalue weighted by atomic mass is 16.5. The first-order valence-electron chi connectivity index (χ1n) is 7.15. The van der Waals surface area contributed by atoms with Gasteiger partial charge in [0, 0.05) is 26.1 Å². The quantitative estimate of drug-likeness (QED) is 0.799. The summed E-state index contributed by atoms with van der Waals surface area (Å²) in [6.07, 6.45) is 7.42. The van der Waals surface area contributed by atoms with E-state index in [4.69, 9.17) is 4.74 Å². The molecule has 2 heterocycles. The van der Waals surface area contributed by atoms with E-state index in [9.17, 15) is 4.79 Å². The van der Waals surface area contributed by atoms with Crippen molar-refractivity contribution in [2.75, 3.05) is 26.3 Å². The lowest BCUT2D eigenvalue weighted by atomic mass is 9.89. The lowest BCUT2D eigenvalue weighted by Crippen LogP contribution is -2.30. The van der Waals surface area contributed by atoms with E-state index in [0.717, 1.165) is 64.3 Å². The van der Waals surface area contributed by atoms with Crippen LogP contribution in [-0.4, -0.2) is 32.1 Å². The summed E-state index contributed by atoms with van der Waals surface area (Å²) in [7, 11) is 0. The normalized spacial score (nSPS) is 26.9. The topological polar surface area (TPSA) is 38.3 Å². The van der Waals surface area contributed by atoms with Gasteiger partial charge in [0.15, 0.2) is 0 Å². The number of ether oxygens (including phenoxy) is 1. The van der Waals surface area contributed by atoms with Crippen LogP contribution in [0.15, 0.2) is 0 Å². The van der Waals surface area contributed by atoms with Gasteiger partial charge in [0.1, 0.15) is 5.78 Å². The number of Topliss-reactive ketones (excluding diaryl/α,β-unsaturated/α-hetero) is 1. The minimum atomic E-state index is 0.475. The van der Waals surface area contributed by atoms with Gasteiger partial charge in [-0.3, -0.25) is 4.79 Å². The zero-order valence-electron chi connectivity index (χ0n) is 10.7. The van der Waals surface area contributed by atoms with E-state index < -0.39 is 0 Å². The third kappa shape index (κ3) is 4.76. The van der Waals surface area contributed by atoms with Gasteiger partial charge in [-0.2, -0.15) is 0 Å². The Morgan fingerprint density at radius 2 is 2.00 bits per heavy atom. The van der Waals surface area contributed by atoms with Crippen LogP contribution >= 0.6 is 0 Å². The van der Waals surface area contributed by atoms with Gasteiger partial charge in [-0.25, -0.2) is 0 Å². The fraction of sp³-hybridized carbons (Fsp3) is 0.929. The molecule has 0 aromatic heterocycles. The van der Waals surface area contributed by atoms with Crippen LogP contribution in [0.25, 0.3) is 0 Å². The molecular weight excluding hydrogens is 214 g/mol. The van der Waals surface area contributed by atoms with Crippen molar-refractivity contribution in [3.05, 3.63) is 0 Å². The molecule has 2 fully saturated rings. The van der Waals surface area contributed by atoms with Crippen molar-refractivity contribution in [2.24, 2.45) is 11.8 Å². The summed E-state index contributed by atoms with van der Waals surface area (Å²) in [5, 5.41) is 3.41. The molecule has 1 unspecified atom stereocenters. The van der Waals surface area contributed by atoms with E-state index in [1.165, 1.54) is 12.8 Å². The zero-order valence-corrected chi connectivity index (χ0v) is 10.7. The standard InChI is InChI=1S/C14H25NO2/c16-14(10-12-5-8-17-9-6-12)4-3-13-2-1-7-15-11-13/h12-13,15H,1-11H2.